The van der Waals surface area contributed by atoms with Crippen molar-refractivity contribution in [3.8, 4) is 0 Å². The topological polar surface area (TPSA) is 72.2 Å². The van der Waals surface area contributed by atoms with E-state index in [1.807, 2.05) is 0 Å². The van der Waals surface area contributed by atoms with Gasteiger partial charge in [0, 0.05) is 13.1 Å². The van der Waals surface area contributed by atoms with Gasteiger partial charge < -0.3 is 5.73 Å². The van der Waals surface area contributed by atoms with Gasteiger partial charge in [-0.25, -0.2) is 13.1 Å². The minimum atomic E-state index is -3.45. The lowest BCUT2D eigenvalue weighted by Gasteiger charge is -2.04. The van der Waals surface area contributed by atoms with Crippen molar-refractivity contribution in [2.75, 3.05) is 13.1 Å². The molecule has 0 saturated carbocycles. The van der Waals surface area contributed by atoms with E-state index >= 15 is 0 Å². The van der Waals surface area contributed by atoms with E-state index in [-0.39, 0.29) is 18.0 Å². The van der Waals surface area contributed by atoms with Crippen LogP contribution in [-0.4, -0.2) is 21.5 Å². The third-order valence-electron chi connectivity index (χ3n) is 1.23. The average molecular weight is 202 g/mol. The highest BCUT2D eigenvalue weighted by molar-refractivity contribution is 7.93. The Hall–Kier alpha value is -0.910. The summed E-state index contributed by atoms with van der Waals surface area (Å²) in [5.41, 5.74) is 5.16. The number of nitrogens with two attached hydrogens (primary N) is 1. The Morgan fingerprint density at radius 1 is 1.46 bits per heavy atom. The maximum Gasteiger partial charge on any atom is 0.240 e. The molecule has 13 heavy (non-hydrogen) atoms. The normalized spacial score (nSPS) is 12.5. The van der Waals surface area contributed by atoms with Gasteiger partial charge in [0.1, 0.15) is 0 Å². The Balaban J connectivity index is 4.69. The summed E-state index contributed by atoms with van der Waals surface area (Å²) in [5.74, 6) is 0. The number of nitrogens with one attached hydrogen (secondary N) is 1. The van der Waals surface area contributed by atoms with Gasteiger partial charge in [-0.3, -0.25) is 0 Å². The Kier molecular flexibility index (Phi) is 5.29. The van der Waals surface area contributed by atoms with E-state index in [9.17, 15) is 8.42 Å². The van der Waals surface area contributed by atoms with Crippen molar-refractivity contribution in [3.63, 3.8) is 0 Å². The number of hydrogen-bond acceptors (Lipinski definition) is 3. The minimum absolute atomic E-state index is 0.0935. The van der Waals surface area contributed by atoms with E-state index in [0.29, 0.717) is 0 Å². The summed E-state index contributed by atoms with van der Waals surface area (Å²) in [5, 5.41) is 0. The maximum absolute atomic E-state index is 11.4. The first kappa shape index (κ1) is 12.1. The third-order valence-corrected chi connectivity index (χ3v) is 2.74. The molecule has 0 aliphatic heterocycles. The molecule has 4 nitrogen and oxygen atoms in total. The summed E-state index contributed by atoms with van der Waals surface area (Å²) in [6.07, 6.45) is 4.01. The lowest BCUT2D eigenvalue weighted by Crippen LogP contribution is -2.29. The summed E-state index contributed by atoms with van der Waals surface area (Å²) >= 11 is 0. The van der Waals surface area contributed by atoms with Gasteiger partial charge in [-0.2, -0.15) is 0 Å². The summed E-state index contributed by atoms with van der Waals surface area (Å²) in [6.45, 7) is 7.26. The second kappa shape index (κ2) is 5.69. The van der Waals surface area contributed by atoms with E-state index in [2.05, 4.69) is 17.9 Å². The van der Waals surface area contributed by atoms with E-state index in [4.69, 9.17) is 5.73 Å². The largest absolute Gasteiger partial charge is 0.329 e. The van der Waals surface area contributed by atoms with Crippen molar-refractivity contribution in [2.24, 2.45) is 5.73 Å². The molecule has 0 fully saturated rings. The van der Waals surface area contributed by atoms with Crippen molar-refractivity contribution < 1.29 is 8.42 Å². The van der Waals surface area contributed by atoms with Crippen LogP contribution in [0.5, 0.6) is 0 Å². The zero-order valence-electron chi connectivity index (χ0n) is 7.36. The van der Waals surface area contributed by atoms with E-state index in [1.165, 1.54) is 18.2 Å². The standard InChI is InChI=1S/C8H14N2O2S/c1-3-5-8(4-2)13(11,12)10-7-6-9/h3-5,10H,1-2,6-7,9H2. The molecule has 0 radical (unpaired) electrons. The fourth-order valence-electron chi connectivity index (χ4n) is 0.660. The molecular formula is C8H14N2O2S. The number of sulfonamides is 1. The smallest absolute Gasteiger partial charge is 0.240 e. The van der Waals surface area contributed by atoms with E-state index < -0.39 is 10.0 Å². The predicted octanol–water partition coefficient (Wildman–Crippen LogP) is 0.120. The molecule has 0 saturated heterocycles. The quantitative estimate of drug-likeness (QED) is 0.601. The second-order valence-electron chi connectivity index (χ2n) is 2.20. The van der Waals surface area contributed by atoms with Crippen LogP contribution < -0.4 is 10.5 Å². The lowest BCUT2D eigenvalue weighted by atomic mass is 10.5. The van der Waals surface area contributed by atoms with Gasteiger partial charge in [-0.1, -0.05) is 19.2 Å². The van der Waals surface area contributed by atoms with Crippen molar-refractivity contribution in [1.29, 1.82) is 0 Å². The highest BCUT2D eigenvalue weighted by atomic mass is 32.2. The van der Waals surface area contributed by atoms with Crippen molar-refractivity contribution in [1.82, 2.24) is 4.72 Å². The molecule has 0 aromatic rings. The monoisotopic (exact) mass is 202 g/mol. The zero-order chi connectivity index (χ0) is 10.3. The Labute approximate surface area is 78.9 Å². The van der Waals surface area contributed by atoms with Crippen molar-refractivity contribution in [3.05, 3.63) is 36.3 Å². The molecule has 74 valence electrons. The van der Waals surface area contributed by atoms with Crippen molar-refractivity contribution >= 4 is 10.0 Å². The van der Waals surface area contributed by atoms with Gasteiger partial charge in [0.05, 0.1) is 4.91 Å². The second-order valence-corrected chi connectivity index (χ2v) is 3.96. The van der Waals surface area contributed by atoms with Crippen LogP contribution in [0.4, 0.5) is 0 Å². The number of hydrogen-bond donors (Lipinski definition) is 2. The highest BCUT2D eigenvalue weighted by Gasteiger charge is 2.11. The van der Waals surface area contributed by atoms with E-state index in [0.717, 1.165) is 0 Å². The lowest BCUT2D eigenvalue weighted by molar-refractivity contribution is 0.589. The summed E-state index contributed by atoms with van der Waals surface area (Å²) in [4.78, 5) is 0.0935. The molecule has 0 aliphatic carbocycles. The first-order valence-electron chi connectivity index (χ1n) is 3.73. The third kappa shape index (κ3) is 4.02. The molecule has 0 amide bonds. The fourth-order valence-corrected chi connectivity index (χ4v) is 1.71. The van der Waals surface area contributed by atoms with Crippen LogP contribution in [0.15, 0.2) is 36.3 Å². The molecule has 3 N–H and O–H groups in total. The maximum atomic E-state index is 11.4. The van der Waals surface area contributed by atoms with Gasteiger partial charge in [0.15, 0.2) is 0 Å². The predicted molar refractivity (Wildman–Crippen MR) is 54.5 cm³/mol. The molecule has 0 aliphatic rings. The Bertz CT molecular complexity index is 304. The molecular weight excluding hydrogens is 188 g/mol. The molecule has 0 unspecified atom stereocenters. The summed E-state index contributed by atoms with van der Waals surface area (Å²) in [7, 11) is -3.45. The summed E-state index contributed by atoms with van der Waals surface area (Å²) in [6, 6.07) is 0. The Morgan fingerprint density at radius 2 is 2.08 bits per heavy atom. The van der Waals surface area contributed by atoms with Gasteiger partial charge in [-0.05, 0) is 12.2 Å². The van der Waals surface area contributed by atoms with Gasteiger partial charge in [-0.15, -0.1) is 0 Å². The number of allylic oxidation sites excluding steroid dienone is 3. The van der Waals surface area contributed by atoms with Crippen LogP contribution in [0.1, 0.15) is 0 Å². The van der Waals surface area contributed by atoms with Gasteiger partial charge in [0.25, 0.3) is 0 Å². The van der Waals surface area contributed by atoms with Gasteiger partial charge >= 0.3 is 0 Å². The van der Waals surface area contributed by atoms with Crippen molar-refractivity contribution in [2.45, 2.75) is 0 Å². The molecule has 0 aromatic heterocycles. The molecule has 0 bridgehead atoms. The zero-order valence-corrected chi connectivity index (χ0v) is 8.18. The molecule has 0 rings (SSSR count). The highest BCUT2D eigenvalue weighted by Crippen LogP contribution is 2.04. The first-order chi connectivity index (χ1) is 6.08. The molecule has 0 atom stereocenters. The SMILES string of the molecule is C=CC=C(C=C)S(=O)(=O)NCCN. The van der Waals surface area contributed by atoms with Crippen LogP contribution >= 0.6 is 0 Å². The molecule has 0 heterocycles. The van der Waals surface area contributed by atoms with E-state index in [1.54, 1.807) is 0 Å². The molecule has 0 spiro atoms. The van der Waals surface area contributed by atoms with Crippen LogP contribution in [0.2, 0.25) is 0 Å². The van der Waals surface area contributed by atoms with Crippen LogP contribution in [0, 0.1) is 0 Å². The molecule has 5 heteroatoms. The van der Waals surface area contributed by atoms with Crippen LogP contribution in [-0.2, 0) is 10.0 Å². The van der Waals surface area contributed by atoms with Gasteiger partial charge in [0.2, 0.25) is 10.0 Å². The van der Waals surface area contributed by atoms with Crippen LogP contribution in [0.25, 0.3) is 0 Å². The van der Waals surface area contributed by atoms with Crippen LogP contribution in [0.3, 0.4) is 0 Å². The number of rotatable bonds is 6. The minimum Gasteiger partial charge on any atom is -0.329 e. The Morgan fingerprint density at radius 3 is 2.46 bits per heavy atom. The fraction of sp³-hybridized carbons (Fsp3) is 0.250. The molecule has 0 aromatic carbocycles. The first-order valence-corrected chi connectivity index (χ1v) is 5.21. The average Bonchev–Trinajstić information content (AvgIpc) is 2.10. The summed E-state index contributed by atoms with van der Waals surface area (Å²) < 4.78 is 25.0.